The van der Waals surface area contributed by atoms with Crippen molar-refractivity contribution in [1.82, 2.24) is 14.7 Å². The van der Waals surface area contributed by atoms with Crippen molar-refractivity contribution in [2.45, 2.75) is 51.3 Å². The van der Waals surface area contributed by atoms with Crippen LogP contribution in [0.3, 0.4) is 0 Å². The molecule has 0 aromatic heterocycles. The average Bonchev–Trinajstić information content (AvgIpc) is 2.86. The highest BCUT2D eigenvalue weighted by Crippen LogP contribution is 2.25. The minimum absolute atomic E-state index is 0.00982. The summed E-state index contributed by atoms with van der Waals surface area (Å²) in [5.74, 6) is 0.155. The van der Waals surface area contributed by atoms with Crippen molar-refractivity contribution in [1.29, 1.82) is 0 Å². The van der Waals surface area contributed by atoms with Crippen LogP contribution in [0.15, 0.2) is 42.5 Å². The lowest BCUT2D eigenvalue weighted by atomic mass is 9.97. The molecule has 2 aromatic rings. The first-order valence-corrected chi connectivity index (χ1v) is 12.9. The third-order valence-electron chi connectivity index (χ3n) is 7.69. The van der Waals surface area contributed by atoms with E-state index in [1.54, 1.807) is 11.8 Å². The zero-order valence-corrected chi connectivity index (χ0v) is 20.6. The summed E-state index contributed by atoms with van der Waals surface area (Å²) >= 11 is 0. The van der Waals surface area contributed by atoms with Gasteiger partial charge in [0.05, 0.1) is 6.10 Å². The summed E-state index contributed by atoms with van der Waals surface area (Å²) in [7, 11) is 0. The molecule has 0 spiro atoms. The predicted octanol–water partition coefficient (Wildman–Crippen LogP) is 2.53. The molecule has 7 nitrogen and oxygen atoms in total. The van der Waals surface area contributed by atoms with Crippen LogP contribution in [-0.2, 0) is 24.2 Å². The van der Waals surface area contributed by atoms with Gasteiger partial charge in [0.1, 0.15) is 0 Å². The number of carbonyl (C=O) groups excluding carboxylic acids is 2. The highest BCUT2D eigenvalue weighted by atomic mass is 16.3. The van der Waals surface area contributed by atoms with Crippen molar-refractivity contribution in [3.8, 4) is 0 Å². The standard InChI is InChI=1S/C28H36N4O3/c1-20(33)31-14-10-24(11-15-31)29-25-6-7-27-22(16-25)9-13-32(28(27)35)19-26(34)18-30-12-8-21-4-2-3-5-23(21)17-30/h2-7,16,24,26,29,34H,8-15,17-19H2,1H3/t26-/m1/s1. The molecule has 1 fully saturated rings. The van der Waals surface area contributed by atoms with Gasteiger partial charge in [0.25, 0.3) is 5.91 Å². The first-order chi connectivity index (χ1) is 17.0. The lowest BCUT2D eigenvalue weighted by Crippen LogP contribution is -2.46. The molecule has 2 aromatic carbocycles. The number of benzene rings is 2. The number of anilines is 1. The Morgan fingerprint density at radius 3 is 2.51 bits per heavy atom. The highest BCUT2D eigenvalue weighted by Gasteiger charge is 2.28. The summed E-state index contributed by atoms with van der Waals surface area (Å²) in [5, 5.41) is 14.4. The smallest absolute Gasteiger partial charge is 0.254 e. The van der Waals surface area contributed by atoms with Gasteiger partial charge in [0.2, 0.25) is 5.91 Å². The van der Waals surface area contributed by atoms with E-state index in [-0.39, 0.29) is 11.8 Å². The van der Waals surface area contributed by atoms with Crippen LogP contribution in [0.4, 0.5) is 5.69 Å². The third kappa shape index (κ3) is 5.52. The highest BCUT2D eigenvalue weighted by molar-refractivity contribution is 5.97. The molecule has 0 radical (unpaired) electrons. The van der Waals surface area contributed by atoms with Crippen LogP contribution in [0.1, 0.15) is 46.8 Å². The fourth-order valence-electron chi connectivity index (χ4n) is 5.70. The van der Waals surface area contributed by atoms with Crippen LogP contribution in [0, 0.1) is 0 Å². The van der Waals surface area contributed by atoms with Crippen molar-refractivity contribution in [3.63, 3.8) is 0 Å². The zero-order valence-electron chi connectivity index (χ0n) is 20.6. The number of β-amino-alcohol motifs (C(OH)–C–C–N with tert-alkyl or cyclic N) is 1. The van der Waals surface area contributed by atoms with E-state index in [9.17, 15) is 14.7 Å². The van der Waals surface area contributed by atoms with Gasteiger partial charge in [-0.3, -0.25) is 14.5 Å². The van der Waals surface area contributed by atoms with Gasteiger partial charge in [-0.2, -0.15) is 0 Å². The second-order valence-corrected chi connectivity index (χ2v) is 10.2. The van der Waals surface area contributed by atoms with Crippen molar-refractivity contribution in [3.05, 3.63) is 64.7 Å². The van der Waals surface area contributed by atoms with Gasteiger partial charge >= 0.3 is 0 Å². The molecule has 0 aliphatic carbocycles. The number of amides is 2. The first kappa shape index (κ1) is 23.8. The summed E-state index contributed by atoms with van der Waals surface area (Å²) in [6, 6.07) is 14.9. The fraction of sp³-hybridized carbons (Fsp3) is 0.500. The molecule has 35 heavy (non-hydrogen) atoms. The summed E-state index contributed by atoms with van der Waals surface area (Å²) in [4.78, 5) is 30.7. The molecular weight excluding hydrogens is 440 g/mol. The molecule has 7 heteroatoms. The Hall–Kier alpha value is -2.90. The number of nitrogens with one attached hydrogen (secondary N) is 1. The van der Waals surface area contributed by atoms with Gasteiger partial charge in [0.15, 0.2) is 0 Å². The lowest BCUT2D eigenvalue weighted by Gasteiger charge is -2.34. The lowest BCUT2D eigenvalue weighted by molar-refractivity contribution is -0.129. The number of likely N-dealkylation sites (tertiary alicyclic amines) is 1. The van der Waals surface area contributed by atoms with Gasteiger partial charge in [0, 0.05) is 70.0 Å². The van der Waals surface area contributed by atoms with Crippen molar-refractivity contribution in [2.24, 2.45) is 0 Å². The molecular formula is C28H36N4O3. The second-order valence-electron chi connectivity index (χ2n) is 10.2. The number of carbonyl (C=O) groups is 2. The number of nitrogens with zero attached hydrogens (tertiary/aromatic N) is 3. The number of rotatable bonds is 6. The van der Waals surface area contributed by atoms with E-state index < -0.39 is 6.10 Å². The Balaban J connectivity index is 1.14. The molecule has 2 N–H and O–H groups in total. The van der Waals surface area contributed by atoms with Crippen molar-refractivity contribution >= 4 is 17.5 Å². The van der Waals surface area contributed by atoms with E-state index in [1.165, 1.54) is 11.1 Å². The third-order valence-corrected chi connectivity index (χ3v) is 7.69. The molecule has 1 saturated heterocycles. The monoisotopic (exact) mass is 476 g/mol. The fourth-order valence-corrected chi connectivity index (χ4v) is 5.70. The Labute approximate surface area is 207 Å². The number of aliphatic hydroxyl groups excluding tert-OH is 1. The number of hydrogen-bond donors (Lipinski definition) is 2. The maximum Gasteiger partial charge on any atom is 0.254 e. The van der Waals surface area contributed by atoms with E-state index in [0.29, 0.717) is 25.7 Å². The molecule has 2 amide bonds. The maximum atomic E-state index is 13.2. The van der Waals surface area contributed by atoms with E-state index in [0.717, 1.165) is 68.7 Å². The van der Waals surface area contributed by atoms with Gasteiger partial charge in [-0.15, -0.1) is 0 Å². The second kappa shape index (κ2) is 10.4. The Bertz CT molecular complexity index is 1080. The number of fused-ring (bicyclic) bond motifs is 2. The summed E-state index contributed by atoms with van der Waals surface area (Å²) in [5.41, 5.74) is 5.59. The predicted molar refractivity (Wildman–Crippen MR) is 136 cm³/mol. The van der Waals surface area contributed by atoms with Crippen LogP contribution in [0.2, 0.25) is 0 Å². The van der Waals surface area contributed by atoms with Crippen molar-refractivity contribution < 1.29 is 14.7 Å². The van der Waals surface area contributed by atoms with Crippen LogP contribution in [0.5, 0.6) is 0 Å². The molecule has 5 rings (SSSR count). The largest absolute Gasteiger partial charge is 0.390 e. The molecule has 3 aliphatic rings. The zero-order chi connectivity index (χ0) is 24.4. The Kier molecular flexibility index (Phi) is 7.07. The van der Waals surface area contributed by atoms with Crippen LogP contribution in [0.25, 0.3) is 0 Å². The van der Waals surface area contributed by atoms with E-state index >= 15 is 0 Å². The maximum absolute atomic E-state index is 13.2. The minimum Gasteiger partial charge on any atom is -0.390 e. The van der Waals surface area contributed by atoms with Crippen LogP contribution >= 0.6 is 0 Å². The number of aliphatic hydroxyl groups is 1. The molecule has 0 saturated carbocycles. The minimum atomic E-state index is -0.562. The van der Waals surface area contributed by atoms with Gasteiger partial charge < -0.3 is 20.2 Å². The summed E-state index contributed by atoms with van der Waals surface area (Å²) in [6.07, 6.45) is 3.11. The summed E-state index contributed by atoms with van der Waals surface area (Å²) < 4.78 is 0. The molecule has 3 heterocycles. The van der Waals surface area contributed by atoms with Gasteiger partial charge in [-0.05, 0) is 60.6 Å². The molecule has 0 unspecified atom stereocenters. The first-order valence-electron chi connectivity index (χ1n) is 12.9. The van der Waals surface area contributed by atoms with Crippen LogP contribution in [-0.4, -0.2) is 83.0 Å². The van der Waals surface area contributed by atoms with Gasteiger partial charge in [-0.25, -0.2) is 0 Å². The SMILES string of the molecule is CC(=O)N1CCC(Nc2ccc3c(c2)CCN(C[C@H](O)CN2CCc4ccccc4C2)C3=O)CC1. The topological polar surface area (TPSA) is 76.1 Å². The Morgan fingerprint density at radius 1 is 1.00 bits per heavy atom. The molecule has 1 atom stereocenters. The number of piperidine rings is 1. The molecule has 0 bridgehead atoms. The van der Waals surface area contributed by atoms with E-state index in [1.807, 2.05) is 17.0 Å². The number of hydrogen-bond acceptors (Lipinski definition) is 5. The Morgan fingerprint density at radius 2 is 1.74 bits per heavy atom. The quantitative estimate of drug-likeness (QED) is 0.670. The molecule has 186 valence electrons. The average molecular weight is 477 g/mol. The normalized spacial score (nSPS) is 19.8. The van der Waals surface area contributed by atoms with Crippen LogP contribution < -0.4 is 5.32 Å². The summed E-state index contributed by atoms with van der Waals surface area (Å²) in [6.45, 7) is 6.58. The molecule has 3 aliphatic heterocycles. The van der Waals surface area contributed by atoms with Crippen molar-refractivity contribution in [2.75, 3.05) is 44.6 Å². The van der Waals surface area contributed by atoms with E-state index in [4.69, 9.17) is 0 Å². The van der Waals surface area contributed by atoms with E-state index in [2.05, 4.69) is 40.5 Å². The van der Waals surface area contributed by atoms with Gasteiger partial charge in [-0.1, -0.05) is 24.3 Å².